The second-order valence-corrected chi connectivity index (χ2v) is 5.16. The highest BCUT2D eigenvalue weighted by molar-refractivity contribution is 8.00. The van der Waals surface area contributed by atoms with Gasteiger partial charge in [-0.15, -0.1) is 11.8 Å². The third-order valence-corrected chi connectivity index (χ3v) is 3.20. The molecule has 92 valence electrons. The van der Waals surface area contributed by atoms with Crippen LogP contribution in [0.25, 0.3) is 0 Å². The Bertz CT molecular complexity index is 403. The molecule has 1 aromatic rings. The van der Waals surface area contributed by atoms with Crippen molar-refractivity contribution in [1.82, 2.24) is 4.98 Å². The molecule has 1 rings (SSSR count). The Kier molecular flexibility index (Phi) is 5.15. The lowest BCUT2D eigenvalue weighted by molar-refractivity contribution is -0.140. The molecule has 0 saturated heterocycles. The number of Topliss-reactive ketones (excluding diaryl/α,β-unsaturated/α-hetero) is 1. The molecule has 0 amide bonds. The number of hydrogen-bond acceptors (Lipinski definition) is 5. The van der Waals surface area contributed by atoms with E-state index in [0.717, 1.165) is 4.90 Å². The first-order chi connectivity index (χ1) is 8.02. The minimum atomic E-state index is -0.224. The normalized spacial score (nSPS) is 11.9. The van der Waals surface area contributed by atoms with Crippen molar-refractivity contribution in [3.8, 4) is 0 Å². The summed E-state index contributed by atoms with van der Waals surface area (Å²) in [5.41, 5.74) is 0.454. The molecule has 0 bridgehead atoms. The Morgan fingerprint density at radius 2 is 2.18 bits per heavy atom. The summed E-state index contributed by atoms with van der Waals surface area (Å²) in [6.45, 7) is 3.43. The second-order valence-electron chi connectivity index (χ2n) is 3.64. The number of pyridine rings is 1. The first kappa shape index (κ1) is 13.7. The quantitative estimate of drug-likeness (QED) is 0.458. The summed E-state index contributed by atoms with van der Waals surface area (Å²) in [6.07, 6.45) is 2.00. The van der Waals surface area contributed by atoms with E-state index in [9.17, 15) is 9.59 Å². The SMILES string of the molecule is COC(=O)CC(C)Sc1ccc(C(C)=O)nc1. The van der Waals surface area contributed by atoms with Crippen LogP contribution in [0.3, 0.4) is 0 Å². The highest BCUT2D eigenvalue weighted by atomic mass is 32.2. The van der Waals surface area contributed by atoms with Crippen LogP contribution in [0.15, 0.2) is 23.2 Å². The molecule has 0 aliphatic carbocycles. The minimum absolute atomic E-state index is 0.0517. The molecule has 0 aliphatic heterocycles. The predicted octanol–water partition coefficient (Wildman–Crippen LogP) is 2.33. The summed E-state index contributed by atoms with van der Waals surface area (Å²) >= 11 is 1.53. The molecule has 0 radical (unpaired) electrons. The van der Waals surface area contributed by atoms with E-state index < -0.39 is 0 Å². The number of thioether (sulfide) groups is 1. The van der Waals surface area contributed by atoms with Gasteiger partial charge in [-0.25, -0.2) is 0 Å². The fourth-order valence-electron chi connectivity index (χ4n) is 1.25. The topological polar surface area (TPSA) is 56.3 Å². The number of methoxy groups -OCH3 is 1. The van der Waals surface area contributed by atoms with Crippen LogP contribution in [0.4, 0.5) is 0 Å². The molecule has 4 nitrogen and oxygen atoms in total. The van der Waals surface area contributed by atoms with Gasteiger partial charge in [0.1, 0.15) is 5.69 Å². The van der Waals surface area contributed by atoms with Crippen molar-refractivity contribution in [2.45, 2.75) is 30.4 Å². The van der Waals surface area contributed by atoms with Gasteiger partial charge in [-0.2, -0.15) is 0 Å². The van der Waals surface area contributed by atoms with Crippen LogP contribution in [-0.2, 0) is 9.53 Å². The van der Waals surface area contributed by atoms with Gasteiger partial charge in [0.25, 0.3) is 0 Å². The monoisotopic (exact) mass is 253 g/mol. The largest absolute Gasteiger partial charge is 0.469 e. The summed E-state index contributed by atoms with van der Waals surface area (Å²) in [5.74, 6) is -0.275. The lowest BCUT2D eigenvalue weighted by atomic mass is 10.3. The molecule has 17 heavy (non-hydrogen) atoms. The average Bonchev–Trinajstić information content (AvgIpc) is 2.29. The van der Waals surface area contributed by atoms with Crippen molar-refractivity contribution in [2.24, 2.45) is 0 Å². The van der Waals surface area contributed by atoms with Crippen molar-refractivity contribution in [1.29, 1.82) is 0 Å². The molecule has 1 unspecified atom stereocenters. The molecule has 0 N–H and O–H groups in total. The number of aromatic nitrogens is 1. The molecule has 0 aliphatic rings. The Morgan fingerprint density at radius 1 is 1.47 bits per heavy atom. The molecule has 0 spiro atoms. The number of nitrogens with zero attached hydrogens (tertiary/aromatic N) is 1. The Morgan fingerprint density at radius 3 is 2.65 bits per heavy atom. The van der Waals surface area contributed by atoms with Gasteiger partial charge in [0.05, 0.1) is 13.5 Å². The van der Waals surface area contributed by atoms with E-state index in [4.69, 9.17) is 0 Å². The van der Waals surface area contributed by atoms with Crippen LogP contribution in [0.1, 0.15) is 30.8 Å². The van der Waals surface area contributed by atoms with Gasteiger partial charge in [0, 0.05) is 23.3 Å². The highest BCUT2D eigenvalue weighted by Gasteiger charge is 2.11. The van der Waals surface area contributed by atoms with E-state index >= 15 is 0 Å². The molecule has 1 heterocycles. The molecular weight excluding hydrogens is 238 g/mol. The van der Waals surface area contributed by atoms with Gasteiger partial charge in [0.2, 0.25) is 0 Å². The summed E-state index contributed by atoms with van der Waals surface area (Å²) < 4.78 is 4.60. The number of ketones is 1. The fourth-order valence-corrected chi connectivity index (χ4v) is 2.19. The summed E-state index contributed by atoms with van der Waals surface area (Å²) in [7, 11) is 1.38. The van der Waals surface area contributed by atoms with Crippen molar-refractivity contribution in [3.63, 3.8) is 0 Å². The van der Waals surface area contributed by atoms with Crippen LogP contribution < -0.4 is 0 Å². The number of ether oxygens (including phenoxy) is 1. The maximum absolute atomic E-state index is 11.1. The lowest BCUT2D eigenvalue weighted by Gasteiger charge is -2.09. The number of carbonyl (C=O) groups is 2. The van der Waals surface area contributed by atoms with Crippen molar-refractivity contribution < 1.29 is 14.3 Å². The van der Waals surface area contributed by atoms with E-state index in [0.29, 0.717) is 12.1 Å². The standard InChI is InChI=1S/C12H15NO3S/c1-8(6-12(15)16-3)17-10-4-5-11(9(2)14)13-7-10/h4-5,7-8H,6H2,1-3H3. The number of rotatable bonds is 5. The minimum Gasteiger partial charge on any atom is -0.469 e. The molecule has 0 saturated carbocycles. The third kappa shape index (κ3) is 4.56. The Hall–Kier alpha value is -1.36. The van der Waals surface area contributed by atoms with E-state index in [1.807, 2.05) is 13.0 Å². The van der Waals surface area contributed by atoms with Crippen molar-refractivity contribution in [2.75, 3.05) is 7.11 Å². The first-order valence-corrected chi connectivity index (χ1v) is 6.11. The van der Waals surface area contributed by atoms with Crippen LogP contribution in [-0.4, -0.2) is 29.1 Å². The summed E-state index contributed by atoms with van der Waals surface area (Å²) in [4.78, 5) is 27.1. The maximum atomic E-state index is 11.1. The van der Waals surface area contributed by atoms with Crippen LogP contribution >= 0.6 is 11.8 Å². The third-order valence-electron chi connectivity index (χ3n) is 2.12. The first-order valence-electron chi connectivity index (χ1n) is 5.23. The molecule has 0 aromatic carbocycles. The maximum Gasteiger partial charge on any atom is 0.306 e. The molecule has 5 heteroatoms. The fraction of sp³-hybridized carbons (Fsp3) is 0.417. The molecular formula is C12H15NO3S. The Labute approximate surface area is 105 Å². The summed E-state index contributed by atoms with van der Waals surface area (Å²) in [5, 5.41) is 0.118. The zero-order valence-electron chi connectivity index (χ0n) is 10.1. The molecule has 1 aromatic heterocycles. The highest BCUT2D eigenvalue weighted by Crippen LogP contribution is 2.24. The van der Waals surface area contributed by atoms with Gasteiger partial charge in [-0.1, -0.05) is 6.92 Å². The number of esters is 1. The van der Waals surface area contributed by atoms with Crippen LogP contribution in [0, 0.1) is 0 Å². The smallest absolute Gasteiger partial charge is 0.306 e. The average molecular weight is 253 g/mol. The number of hydrogen-bond donors (Lipinski definition) is 0. The molecule has 0 fully saturated rings. The lowest BCUT2D eigenvalue weighted by Crippen LogP contribution is -2.08. The number of carbonyl (C=O) groups excluding carboxylic acids is 2. The van der Waals surface area contributed by atoms with E-state index in [-0.39, 0.29) is 17.0 Å². The van der Waals surface area contributed by atoms with Gasteiger partial charge in [-0.05, 0) is 12.1 Å². The summed E-state index contributed by atoms with van der Waals surface area (Å²) in [6, 6.07) is 3.53. The van der Waals surface area contributed by atoms with E-state index in [1.165, 1.54) is 25.8 Å². The van der Waals surface area contributed by atoms with Crippen LogP contribution in [0.5, 0.6) is 0 Å². The zero-order valence-corrected chi connectivity index (χ0v) is 10.9. The predicted molar refractivity (Wildman–Crippen MR) is 66.2 cm³/mol. The van der Waals surface area contributed by atoms with Gasteiger partial charge >= 0.3 is 5.97 Å². The second kappa shape index (κ2) is 6.39. The zero-order chi connectivity index (χ0) is 12.8. The van der Waals surface area contributed by atoms with E-state index in [1.54, 1.807) is 12.3 Å². The van der Waals surface area contributed by atoms with Gasteiger partial charge < -0.3 is 4.74 Å². The van der Waals surface area contributed by atoms with Crippen molar-refractivity contribution >= 4 is 23.5 Å². The van der Waals surface area contributed by atoms with Crippen molar-refractivity contribution in [3.05, 3.63) is 24.0 Å². The van der Waals surface area contributed by atoms with E-state index in [2.05, 4.69) is 9.72 Å². The van der Waals surface area contributed by atoms with Crippen LogP contribution in [0.2, 0.25) is 0 Å². The molecule has 1 atom stereocenters. The van der Waals surface area contributed by atoms with Gasteiger partial charge in [0.15, 0.2) is 5.78 Å². The van der Waals surface area contributed by atoms with Gasteiger partial charge in [-0.3, -0.25) is 14.6 Å². The Balaban J connectivity index is 2.57.